The Morgan fingerprint density at radius 1 is 1.22 bits per heavy atom. The first-order valence-corrected chi connectivity index (χ1v) is 11.0. The molecule has 1 unspecified atom stereocenters. The zero-order valence-electron chi connectivity index (χ0n) is 16.2. The molecule has 1 aliphatic rings. The molecule has 4 rings (SSSR count). The fraction of sp³-hybridized carbons (Fsp3) is 0.571. The molecule has 0 aliphatic heterocycles. The van der Waals surface area contributed by atoms with Gasteiger partial charge in [-0.05, 0) is 42.4 Å². The Kier molecular flexibility index (Phi) is 5.72. The van der Waals surface area contributed by atoms with Gasteiger partial charge in [0.05, 0.1) is 22.9 Å². The largest absolute Gasteiger partial charge is 0.470 e. The second kappa shape index (κ2) is 8.38. The number of aromatic nitrogens is 4. The fourth-order valence-electron chi connectivity index (χ4n) is 4.27. The normalized spacial score (nSPS) is 16.4. The highest BCUT2D eigenvalue weighted by Gasteiger charge is 2.24. The Labute approximate surface area is 164 Å². The van der Waals surface area contributed by atoms with E-state index in [0.717, 1.165) is 30.2 Å². The summed E-state index contributed by atoms with van der Waals surface area (Å²) in [5, 5.41) is 5.24. The molecule has 0 bridgehead atoms. The van der Waals surface area contributed by atoms with Crippen LogP contribution in [-0.2, 0) is 0 Å². The van der Waals surface area contributed by atoms with Crippen molar-refractivity contribution in [3.63, 3.8) is 0 Å². The van der Waals surface area contributed by atoms with Crippen LogP contribution in [0, 0.1) is 11.8 Å². The fourth-order valence-corrected chi connectivity index (χ4v) is 5.14. The first kappa shape index (κ1) is 18.4. The topological polar surface area (TPSA) is 52.8 Å². The molecule has 0 amide bonds. The summed E-state index contributed by atoms with van der Waals surface area (Å²) < 4.78 is 9.20. The molecule has 1 saturated carbocycles. The average Bonchev–Trinajstić information content (AvgIpc) is 3.45. The minimum Gasteiger partial charge on any atom is -0.470 e. The first-order chi connectivity index (χ1) is 13.3. The lowest BCUT2D eigenvalue weighted by atomic mass is 9.89. The SMILES string of the molecule is CCC(CC)C(c1ccc2nc(OCC3CCCC3)sc2c1)n1cncn1. The average molecular weight is 385 g/mol. The van der Waals surface area contributed by atoms with Crippen molar-refractivity contribution in [2.45, 2.75) is 58.4 Å². The molecule has 0 saturated heterocycles. The lowest BCUT2D eigenvalue weighted by molar-refractivity contribution is 0.251. The van der Waals surface area contributed by atoms with Crippen LogP contribution in [0.3, 0.4) is 0 Å². The Morgan fingerprint density at radius 2 is 2.04 bits per heavy atom. The van der Waals surface area contributed by atoms with E-state index < -0.39 is 0 Å². The number of benzene rings is 1. The number of ether oxygens (including phenoxy) is 1. The Morgan fingerprint density at radius 3 is 2.74 bits per heavy atom. The molecule has 3 aromatic rings. The van der Waals surface area contributed by atoms with Crippen molar-refractivity contribution in [2.75, 3.05) is 6.61 Å². The van der Waals surface area contributed by atoms with Crippen LogP contribution in [0.15, 0.2) is 30.9 Å². The van der Waals surface area contributed by atoms with Crippen molar-refractivity contribution < 1.29 is 4.74 Å². The molecule has 27 heavy (non-hydrogen) atoms. The number of hydrogen-bond donors (Lipinski definition) is 0. The molecule has 6 heteroatoms. The van der Waals surface area contributed by atoms with Crippen LogP contribution >= 0.6 is 11.3 Å². The van der Waals surface area contributed by atoms with Gasteiger partial charge < -0.3 is 4.74 Å². The second-order valence-electron chi connectivity index (χ2n) is 7.57. The Hall–Kier alpha value is -1.95. The van der Waals surface area contributed by atoms with Gasteiger partial charge in [0.1, 0.15) is 12.7 Å². The first-order valence-electron chi connectivity index (χ1n) is 10.2. The third-order valence-corrected chi connectivity index (χ3v) is 6.80. The molecule has 0 N–H and O–H groups in total. The highest BCUT2D eigenvalue weighted by Crippen LogP contribution is 2.35. The maximum absolute atomic E-state index is 6.02. The summed E-state index contributed by atoms with van der Waals surface area (Å²) in [6.07, 6.45) is 10.9. The minimum absolute atomic E-state index is 0.205. The van der Waals surface area contributed by atoms with Crippen LogP contribution in [0.1, 0.15) is 64.0 Å². The summed E-state index contributed by atoms with van der Waals surface area (Å²) in [6.45, 7) is 5.30. The third-order valence-electron chi connectivity index (χ3n) is 5.87. The summed E-state index contributed by atoms with van der Waals surface area (Å²) in [5.74, 6) is 1.23. The maximum Gasteiger partial charge on any atom is 0.274 e. The molecule has 2 aromatic heterocycles. The summed E-state index contributed by atoms with van der Waals surface area (Å²) in [4.78, 5) is 8.85. The number of nitrogens with zero attached hydrogens (tertiary/aromatic N) is 4. The molecule has 1 fully saturated rings. The molecule has 0 spiro atoms. The van der Waals surface area contributed by atoms with Crippen LogP contribution in [0.2, 0.25) is 0 Å². The monoisotopic (exact) mass is 384 g/mol. The zero-order chi connectivity index (χ0) is 18.6. The van der Waals surface area contributed by atoms with Gasteiger partial charge in [0.2, 0.25) is 0 Å². The number of fused-ring (bicyclic) bond motifs is 1. The van der Waals surface area contributed by atoms with Gasteiger partial charge in [-0.15, -0.1) is 0 Å². The van der Waals surface area contributed by atoms with Crippen molar-refractivity contribution in [1.82, 2.24) is 19.7 Å². The molecule has 0 radical (unpaired) electrons. The lowest BCUT2D eigenvalue weighted by Crippen LogP contribution is -2.20. The van der Waals surface area contributed by atoms with Gasteiger partial charge in [0, 0.05) is 0 Å². The van der Waals surface area contributed by atoms with Crippen molar-refractivity contribution in [2.24, 2.45) is 11.8 Å². The van der Waals surface area contributed by atoms with Gasteiger partial charge in [-0.25, -0.2) is 14.6 Å². The molecule has 144 valence electrons. The summed E-state index contributed by atoms with van der Waals surface area (Å²) >= 11 is 1.66. The molecule has 1 aromatic carbocycles. The highest BCUT2D eigenvalue weighted by molar-refractivity contribution is 7.20. The van der Waals surface area contributed by atoms with Crippen molar-refractivity contribution >= 4 is 21.6 Å². The van der Waals surface area contributed by atoms with Gasteiger partial charge in [0.25, 0.3) is 5.19 Å². The predicted molar refractivity (Wildman–Crippen MR) is 109 cm³/mol. The van der Waals surface area contributed by atoms with Crippen LogP contribution in [0.4, 0.5) is 0 Å². The minimum atomic E-state index is 0.205. The molecular formula is C21H28N4OS. The smallest absolute Gasteiger partial charge is 0.274 e. The third kappa shape index (κ3) is 4.00. The number of rotatable bonds is 8. The molecule has 1 atom stereocenters. The van der Waals surface area contributed by atoms with E-state index in [1.807, 2.05) is 11.0 Å². The standard InChI is InChI=1S/C21H28N4OS/c1-3-16(4-2)20(25-14-22-13-23-25)17-9-10-18-19(11-17)27-21(24-18)26-12-15-7-5-6-8-15/h9-11,13-16,20H,3-8,12H2,1-2H3. The summed E-state index contributed by atoms with van der Waals surface area (Å²) in [5.41, 5.74) is 2.29. The molecular weight excluding hydrogens is 356 g/mol. The lowest BCUT2D eigenvalue weighted by Gasteiger charge is -2.25. The Balaban J connectivity index is 1.59. The van der Waals surface area contributed by atoms with Gasteiger partial charge in [0.15, 0.2) is 0 Å². The van der Waals surface area contributed by atoms with Gasteiger partial charge >= 0.3 is 0 Å². The number of thiazole rings is 1. The van der Waals surface area contributed by atoms with Gasteiger partial charge in [-0.2, -0.15) is 5.10 Å². The van der Waals surface area contributed by atoms with Crippen LogP contribution in [0.25, 0.3) is 10.2 Å². The number of hydrogen-bond acceptors (Lipinski definition) is 5. The molecule has 5 nitrogen and oxygen atoms in total. The van der Waals surface area contributed by atoms with E-state index in [4.69, 9.17) is 4.74 Å². The van der Waals surface area contributed by atoms with Crippen molar-refractivity contribution in [1.29, 1.82) is 0 Å². The van der Waals surface area contributed by atoms with E-state index in [-0.39, 0.29) is 6.04 Å². The molecule has 1 aliphatic carbocycles. The van der Waals surface area contributed by atoms with E-state index in [9.17, 15) is 0 Å². The van der Waals surface area contributed by atoms with E-state index >= 15 is 0 Å². The maximum atomic E-state index is 6.02. The predicted octanol–water partition coefficient (Wildman–Crippen LogP) is 5.48. The summed E-state index contributed by atoms with van der Waals surface area (Å²) in [7, 11) is 0. The molecule has 2 heterocycles. The quantitative estimate of drug-likeness (QED) is 0.516. The van der Waals surface area contributed by atoms with Crippen LogP contribution < -0.4 is 4.74 Å². The highest BCUT2D eigenvalue weighted by atomic mass is 32.1. The van der Waals surface area contributed by atoms with Gasteiger partial charge in [-0.3, -0.25) is 0 Å². The zero-order valence-corrected chi connectivity index (χ0v) is 17.0. The van der Waals surface area contributed by atoms with Crippen molar-refractivity contribution in [3.05, 3.63) is 36.4 Å². The van der Waals surface area contributed by atoms with E-state index in [2.05, 4.69) is 47.1 Å². The van der Waals surface area contributed by atoms with Gasteiger partial charge in [-0.1, -0.05) is 56.9 Å². The Bertz CT molecular complexity index is 850. The second-order valence-corrected chi connectivity index (χ2v) is 8.56. The van der Waals surface area contributed by atoms with E-state index in [1.165, 1.54) is 35.9 Å². The van der Waals surface area contributed by atoms with Crippen molar-refractivity contribution in [3.8, 4) is 5.19 Å². The van der Waals surface area contributed by atoms with Crippen LogP contribution in [-0.4, -0.2) is 26.4 Å². The van der Waals surface area contributed by atoms with E-state index in [0.29, 0.717) is 11.8 Å². The summed E-state index contributed by atoms with van der Waals surface area (Å²) in [6, 6.07) is 6.78. The van der Waals surface area contributed by atoms with E-state index in [1.54, 1.807) is 17.7 Å². The van der Waals surface area contributed by atoms with Crippen LogP contribution in [0.5, 0.6) is 5.19 Å².